The molecule has 6 heteroatoms. The maximum Gasteiger partial charge on any atom is 0.255 e. The van der Waals surface area contributed by atoms with E-state index >= 15 is 0 Å². The van der Waals surface area contributed by atoms with Gasteiger partial charge in [-0.1, -0.05) is 13.0 Å². The van der Waals surface area contributed by atoms with Crippen molar-refractivity contribution in [1.82, 2.24) is 0 Å². The lowest BCUT2D eigenvalue weighted by Crippen LogP contribution is -2.25. The summed E-state index contributed by atoms with van der Waals surface area (Å²) in [5, 5.41) is 2.85. The van der Waals surface area contributed by atoms with Gasteiger partial charge in [-0.15, -0.1) is 0 Å². The number of hydrogen-bond acceptors (Lipinski definition) is 4. The molecule has 0 saturated heterocycles. The lowest BCUT2D eigenvalue weighted by atomic mass is 10.2. The highest BCUT2D eigenvalue weighted by atomic mass is 32.2. The number of sulfone groups is 1. The molecule has 0 aliphatic carbocycles. The van der Waals surface area contributed by atoms with E-state index in [9.17, 15) is 13.2 Å². The normalized spacial score (nSPS) is 11.4. The zero-order valence-electron chi connectivity index (χ0n) is 15.0. The Hall–Kier alpha value is -2.34. The molecule has 0 bridgehead atoms. The van der Waals surface area contributed by atoms with Gasteiger partial charge in [-0.25, -0.2) is 8.42 Å². The quantitative estimate of drug-likeness (QED) is 0.855. The van der Waals surface area contributed by atoms with Crippen LogP contribution in [0.5, 0.6) is 0 Å². The van der Waals surface area contributed by atoms with E-state index in [1.807, 2.05) is 31.3 Å². The van der Waals surface area contributed by atoms with Crippen molar-refractivity contribution in [3.63, 3.8) is 0 Å². The second kappa shape index (κ2) is 7.70. The van der Waals surface area contributed by atoms with Gasteiger partial charge >= 0.3 is 0 Å². The molecule has 0 atom stereocenters. The van der Waals surface area contributed by atoms with Crippen LogP contribution in [0.1, 0.15) is 31.1 Å². The molecular formula is C19H24N2O3S. The van der Waals surface area contributed by atoms with E-state index in [4.69, 9.17) is 0 Å². The van der Waals surface area contributed by atoms with Crippen LogP contribution in [0.25, 0.3) is 0 Å². The zero-order valence-corrected chi connectivity index (χ0v) is 15.8. The number of anilines is 2. The molecular weight excluding hydrogens is 336 g/mol. The van der Waals surface area contributed by atoms with Crippen molar-refractivity contribution >= 4 is 27.1 Å². The summed E-state index contributed by atoms with van der Waals surface area (Å²) in [6.45, 7) is 5.78. The van der Waals surface area contributed by atoms with Gasteiger partial charge in [0.1, 0.15) is 0 Å². The van der Waals surface area contributed by atoms with Gasteiger partial charge < -0.3 is 10.2 Å². The summed E-state index contributed by atoms with van der Waals surface area (Å²) >= 11 is 0. The standard InChI is InChI=1S/C19H24N2O3S/c1-5-25(23,24)18-11-9-15(10-12-18)19(22)20-16-7-6-8-17(13-16)21(4)14(2)3/h6-14H,5H2,1-4H3,(H,20,22). The number of nitrogens with one attached hydrogen (secondary N) is 1. The summed E-state index contributed by atoms with van der Waals surface area (Å²) in [6.07, 6.45) is 0. The highest BCUT2D eigenvalue weighted by Crippen LogP contribution is 2.21. The Morgan fingerprint density at radius 3 is 2.32 bits per heavy atom. The van der Waals surface area contributed by atoms with Crippen LogP contribution in [-0.4, -0.2) is 33.2 Å². The molecule has 25 heavy (non-hydrogen) atoms. The molecule has 2 rings (SSSR count). The molecule has 1 N–H and O–H groups in total. The minimum Gasteiger partial charge on any atom is -0.372 e. The number of benzene rings is 2. The predicted octanol–water partition coefficient (Wildman–Crippen LogP) is 3.58. The van der Waals surface area contributed by atoms with E-state index in [1.165, 1.54) is 24.3 Å². The average molecular weight is 360 g/mol. The second-order valence-corrected chi connectivity index (χ2v) is 8.42. The van der Waals surface area contributed by atoms with Crippen molar-refractivity contribution in [3.05, 3.63) is 54.1 Å². The topological polar surface area (TPSA) is 66.5 Å². The van der Waals surface area contributed by atoms with E-state index < -0.39 is 9.84 Å². The number of carbonyl (C=O) groups is 1. The molecule has 0 aliphatic rings. The number of carbonyl (C=O) groups excluding carboxylic acids is 1. The van der Waals surface area contributed by atoms with E-state index in [-0.39, 0.29) is 16.6 Å². The number of hydrogen-bond donors (Lipinski definition) is 1. The van der Waals surface area contributed by atoms with Crippen molar-refractivity contribution in [1.29, 1.82) is 0 Å². The molecule has 0 unspecified atom stereocenters. The van der Waals surface area contributed by atoms with Gasteiger partial charge in [0.25, 0.3) is 5.91 Å². The Balaban J connectivity index is 2.16. The molecule has 0 saturated carbocycles. The molecule has 0 spiro atoms. The molecule has 0 fully saturated rings. The van der Waals surface area contributed by atoms with Crippen LogP contribution in [0.3, 0.4) is 0 Å². The second-order valence-electron chi connectivity index (χ2n) is 6.14. The van der Waals surface area contributed by atoms with E-state index in [0.29, 0.717) is 17.3 Å². The third-order valence-corrected chi connectivity index (χ3v) is 5.89. The lowest BCUT2D eigenvalue weighted by Gasteiger charge is -2.24. The van der Waals surface area contributed by atoms with Crippen LogP contribution in [0.15, 0.2) is 53.4 Å². The van der Waals surface area contributed by atoms with Crippen LogP contribution < -0.4 is 10.2 Å². The van der Waals surface area contributed by atoms with Gasteiger partial charge in [0.2, 0.25) is 0 Å². The zero-order chi connectivity index (χ0) is 18.6. The van der Waals surface area contributed by atoms with Crippen LogP contribution in [0, 0.1) is 0 Å². The third kappa shape index (κ3) is 4.60. The van der Waals surface area contributed by atoms with Crippen molar-refractivity contribution in [2.45, 2.75) is 31.7 Å². The highest BCUT2D eigenvalue weighted by molar-refractivity contribution is 7.91. The first-order valence-electron chi connectivity index (χ1n) is 8.21. The van der Waals surface area contributed by atoms with Crippen LogP contribution in [0.2, 0.25) is 0 Å². The van der Waals surface area contributed by atoms with E-state index in [0.717, 1.165) is 5.69 Å². The average Bonchev–Trinajstić information content (AvgIpc) is 2.61. The fourth-order valence-corrected chi connectivity index (χ4v) is 3.17. The maximum absolute atomic E-state index is 12.4. The smallest absolute Gasteiger partial charge is 0.255 e. The van der Waals surface area contributed by atoms with Crippen molar-refractivity contribution < 1.29 is 13.2 Å². The molecule has 0 heterocycles. The summed E-state index contributed by atoms with van der Waals surface area (Å²) in [5.41, 5.74) is 2.12. The first-order valence-corrected chi connectivity index (χ1v) is 9.87. The minimum atomic E-state index is -3.26. The maximum atomic E-state index is 12.4. The molecule has 0 radical (unpaired) electrons. The Labute approximate surface area is 149 Å². The Morgan fingerprint density at radius 1 is 1.12 bits per heavy atom. The Bertz CT molecular complexity index is 843. The molecule has 0 aromatic heterocycles. The Morgan fingerprint density at radius 2 is 1.76 bits per heavy atom. The summed E-state index contributed by atoms with van der Waals surface area (Å²) < 4.78 is 23.6. The number of amides is 1. The lowest BCUT2D eigenvalue weighted by molar-refractivity contribution is 0.102. The SMILES string of the molecule is CCS(=O)(=O)c1ccc(C(=O)Nc2cccc(N(C)C(C)C)c2)cc1. The van der Waals surface area contributed by atoms with Gasteiger partial charge in [-0.05, 0) is 56.3 Å². The summed E-state index contributed by atoms with van der Waals surface area (Å²) in [4.78, 5) is 14.7. The summed E-state index contributed by atoms with van der Waals surface area (Å²) in [7, 11) is -1.26. The minimum absolute atomic E-state index is 0.0364. The van der Waals surface area contributed by atoms with Gasteiger partial charge in [-0.2, -0.15) is 0 Å². The van der Waals surface area contributed by atoms with Crippen molar-refractivity contribution in [2.24, 2.45) is 0 Å². The highest BCUT2D eigenvalue weighted by Gasteiger charge is 2.13. The molecule has 5 nitrogen and oxygen atoms in total. The number of rotatable bonds is 6. The first-order chi connectivity index (χ1) is 11.7. The van der Waals surface area contributed by atoms with Crippen molar-refractivity contribution in [3.8, 4) is 0 Å². The Kier molecular flexibility index (Phi) is 5.85. The molecule has 1 amide bonds. The van der Waals surface area contributed by atoms with Gasteiger partial charge in [0.05, 0.1) is 10.6 Å². The molecule has 0 aliphatic heterocycles. The van der Waals surface area contributed by atoms with Crippen LogP contribution in [-0.2, 0) is 9.84 Å². The monoisotopic (exact) mass is 360 g/mol. The third-order valence-electron chi connectivity index (χ3n) is 4.14. The van der Waals surface area contributed by atoms with Gasteiger partial charge in [0, 0.05) is 30.0 Å². The molecule has 2 aromatic carbocycles. The van der Waals surface area contributed by atoms with Crippen LogP contribution in [0.4, 0.5) is 11.4 Å². The molecule has 2 aromatic rings. The van der Waals surface area contributed by atoms with Crippen LogP contribution >= 0.6 is 0 Å². The largest absolute Gasteiger partial charge is 0.372 e. The fraction of sp³-hybridized carbons (Fsp3) is 0.316. The predicted molar refractivity (Wildman–Crippen MR) is 102 cm³/mol. The van der Waals surface area contributed by atoms with E-state index in [1.54, 1.807) is 6.92 Å². The first kappa shape index (κ1) is 19.0. The summed E-state index contributed by atoms with van der Waals surface area (Å²) in [6, 6.07) is 14.0. The van der Waals surface area contributed by atoms with Gasteiger partial charge in [0.15, 0.2) is 9.84 Å². The van der Waals surface area contributed by atoms with Crippen molar-refractivity contribution in [2.75, 3.05) is 23.0 Å². The fourth-order valence-electron chi connectivity index (χ4n) is 2.28. The summed E-state index contributed by atoms with van der Waals surface area (Å²) in [5.74, 6) is -0.237. The van der Waals surface area contributed by atoms with Gasteiger partial charge in [-0.3, -0.25) is 4.79 Å². The molecule has 134 valence electrons. The number of nitrogens with zero attached hydrogens (tertiary/aromatic N) is 1. The van der Waals surface area contributed by atoms with E-state index in [2.05, 4.69) is 24.1 Å².